The Hall–Kier alpha value is -2.33. The molecule has 140 valence electrons. The summed E-state index contributed by atoms with van der Waals surface area (Å²) in [6.07, 6.45) is 0. The number of nitrogens with one attached hydrogen (secondary N) is 1. The van der Waals surface area contributed by atoms with Crippen LogP contribution in [0.15, 0.2) is 23.1 Å². The van der Waals surface area contributed by atoms with Crippen molar-refractivity contribution in [2.24, 2.45) is 0 Å². The molecule has 26 heavy (non-hydrogen) atoms. The molecule has 1 fully saturated rings. The van der Waals surface area contributed by atoms with Gasteiger partial charge < -0.3 is 9.64 Å². The van der Waals surface area contributed by atoms with Crippen LogP contribution >= 0.6 is 0 Å². The van der Waals surface area contributed by atoms with Crippen molar-refractivity contribution >= 4 is 21.8 Å². The maximum Gasteiger partial charge on any atom is 0.266 e. The summed E-state index contributed by atoms with van der Waals surface area (Å²) >= 11 is 0. The van der Waals surface area contributed by atoms with Crippen molar-refractivity contribution in [1.29, 1.82) is 0 Å². The van der Waals surface area contributed by atoms with Gasteiger partial charge in [-0.1, -0.05) is 6.07 Å². The molecule has 0 radical (unpaired) electrons. The first kappa shape index (κ1) is 18.5. The lowest BCUT2D eigenvalue weighted by Gasteiger charge is -2.27. The van der Waals surface area contributed by atoms with Gasteiger partial charge in [-0.3, -0.25) is 4.72 Å². The summed E-state index contributed by atoms with van der Waals surface area (Å²) in [5, 5.41) is 0. The average molecular weight is 384 g/mol. The van der Waals surface area contributed by atoms with Gasteiger partial charge in [0.05, 0.1) is 13.2 Å². The molecule has 1 aliphatic heterocycles. The average Bonchev–Trinajstić information content (AvgIpc) is 2.59. The number of aryl methyl sites for hydroxylation is 2. The lowest BCUT2D eigenvalue weighted by molar-refractivity contribution is 0.122. The highest BCUT2D eigenvalue weighted by Crippen LogP contribution is 2.23. The first-order valence-electron chi connectivity index (χ1n) is 7.94. The van der Waals surface area contributed by atoms with Gasteiger partial charge >= 0.3 is 0 Å². The highest BCUT2D eigenvalue weighted by atomic mass is 32.2. The van der Waals surface area contributed by atoms with Crippen LogP contribution in [0.4, 0.5) is 20.5 Å². The fourth-order valence-corrected chi connectivity index (χ4v) is 3.60. The van der Waals surface area contributed by atoms with Crippen molar-refractivity contribution < 1.29 is 21.9 Å². The second kappa shape index (κ2) is 7.12. The fourth-order valence-electron chi connectivity index (χ4n) is 2.54. The van der Waals surface area contributed by atoms with Gasteiger partial charge in [-0.05, 0) is 25.5 Å². The number of sulfonamides is 1. The predicted octanol–water partition coefficient (Wildman–Crippen LogP) is 2.01. The van der Waals surface area contributed by atoms with Gasteiger partial charge in [-0.25, -0.2) is 22.2 Å². The Kier molecular flexibility index (Phi) is 5.05. The molecule has 0 aliphatic carbocycles. The van der Waals surface area contributed by atoms with Crippen LogP contribution in [-0.2, 0) is 14.8 Å². The molecule has 1 aromatic heterocycles. The second-order valence-corrected chi connectivity index (χ2v) is 7.56. The molecule has 0 bridgehead atoms. The van der Waals surface area contributed by atoms with E-state index in [1.807, 2.05) is 4.90 Å². The SMILES string of the molecule is Cc1cc(NS(=O)(=O)c2ccc(C)c(F)c2F)nc(N2CCOCC2)n1. The number of aromatic nitrogens is 2. The minimum absolute atomic E-state index is 0.0145. The first-order valence-corrected chi connectivity index (χ1v) is 9.42. The van der Waals surface area contributed by atoms with Crippen molar-refractivity contribution in [2.75, 3.05) is 35.9 Å². The Balaban J connectivity index is 1.93. The number of anilines is 2. The largest absolute Gasteiger partial charge is 0.378 e. The molecule has 1 N–H and O–H groups in total. The lowest BCUT2D eigenvalue weighted by Crippen LogP contribution is -2.37. The van der Waals surface area contributed by atoms with E-state index >= 15 is 0 Å². The van der Waals surface area contributed by atoms with Crippen LogP contribution in [0, 0.1) is 25.5 Å². The van der Waals surface area contributed by atoms with Gasteiger partial charge in [-0.15, -0.1) is 0 Å². The zero-order chi connectivity index (χ0) is 18.9. The smallest absolute Gasteiger partial charge is 0.266 e. The van der Waals surface area contributed by atoms with E-state index in [1.54, 1.807) is 6.92 Å². The van der Waals surface area contributed by atoms with E-state index < -0.39 is 26.6 Å². The van der Waals surface area contributed by atoms with E-state index in [1.165, 1.54) is 19.1 Å². The maximum atomic E-state index is 14.1. The van der Waals surface area contributed by atoms with E-state index in [4.69, 9.17) is 4.74 Å². The lowest BCUT2D eigenvalue weighted by atomic mass is 10.2. The van der Waals surface area contributed by atoms with E-state index in [2.05, 4.69) is 14.7 Å². The van der Waals surface area contributed by atoms with E-state index in [-0.39, 0.29) is 11.4 Å². The van der Waals surface area contributed by atoms with Gasteiger partial charge in [-0.2, -0.15) is 4.98 Å². The summed E-state index contributed by atoms with van der Waals surface area (Å²) < 4.78 is 60.2. The Morgan fingerprint density at radius 1 is 1.12 bits per heavy atom. The van der Waals surface area contributed by atoms with Crippen LogP contribution in [-0.4, -0.2) is 44.7 Å². The Morgan fingerprint density at radius 3 is 2.50 bits per heavy atom. The van der Waals surface area contributed by atoms with Crippen LogP contribution in [0.2, 0.25) is 0 Å². The minimum Gasteiger partial charge on any atom is -0.378 e. The third kappa shape index (κ3) is 3.75. The van der Waals surface area contributed by atoms with Crippen molar-refractivity contribution in [1.82, 2.24) is 9.97 Å². The summed E-state index contributed by atoms with van der Waals surface area (Å²) in [5.41, 5.74) is 0.559. The Bertz CT molecular complexity index is 931. The van der Waals surface area contributed by atoms with E-state index in [9.17, 15) is 17.2 Å². The zero-order valence-electron chi connectivity index (χ0n) is 14.3. The summed E-state index contributed by atoms with van der Waals surface area (Å²) in [5.74, 6) is -2.28. The van der Waals surface area contributed by atoms with Gasteiger partial charge in [0, 0.05) is 24.8 Å². The van der Waals surface area contributed by atoms with Crippen LogP contribution in [0.25, 0.3) is 0 Å². The molecule has 2 aromatic rings. The van der Waals surface area contributed by atoms with Gasteiger partial charge in [0.2, 0.25) is 5.95 Å². The van der Waals surface area contributed by atoms with E-state index in [0.717, 1.165) is 6.07 Å². The van der Waals surface area contributed by atoms with Gasteiger partial charge in [0.15, 0.2) is 11.6 Å². The van der Waals surface area contributed by atoms with Crippen LogP contribution in [0.3, 0.4) is 0 Å². The Labute approximate surface area is 150 Å². The van der Waals surface area contributed by atoms with Gasteiger partial charge in [0.1, 0.15) is 10.7 Å². The second-order valence-electron chi connectivity index (χ2n) is 5.91. The number of rotatable bonds is 4. The normalized spacial score (nSPS) is 15.2. The number of hydrogen-bond acceptors (Lipinski definition) is 6. The predicted molar refractivity (Wildman–Crippen MR) is 91.7 cm³/mol. The molecule has 10 heteroatoms. The molecular formula is C16H18F2N4O3S. The van der Waals surface area contributed by atoms with Gasteiger partial charge in [0.25, 0.3) is 10.0 Å². The number of nitrogens with zero attached hydrogens (tertiary/aromatic N) is 3. The summed E-state index contributed by atoms with van der Waals surface area (Å²) in [6.45, 7) is 5.24. The molecule has 1 aliphatic rings. The van der Waals surface area contributed by atoms with Crippen molar-refractivity contribution in [3.63, 3.8) is 0 Å². The third-order valence-corrected chi connectivity index (χ3v) is 5.28. The van der Waals surface area contributed by atoms with Crippen LogP contribution < -0.4 is 9.62 Å². The molecule has 1 saturated heterocycles. The summed E-state index contributed by atoms with van der Waals surface area (Å²) in [7, 11) is -4.35. The van der Waals surface area contributed by atoms with Crippen molar-refractivity contribution in [2.45, 2.75) is 18.7 Å². The minimum atomic E-state index is -4.35. The molecule has 2 heterocycles. The van der Waals surface area contributed by atoms with Crippen LogP contribution in [0.5, 0.6) is 0 Å². The highest BCUT2D eigenvalue weighted by molar-refractivity contribution is 7.92. The summed E-state index contributed by atoms with van der Waals surface area (Å²) in [4.78, 5) is 9.57. The number of halogens is 2. The van der Waals surface area contributed by atoms with E-state index in [0.29, 0.717) is 37.9 Å². The molecule has 0 atom stereocenters. The molecule has 0 amide bonds. The Morgan fingerprint density at radius 2 is 1.81 bits per heavy atom. The monoisotopic (exact) mass is 384 g/mol. The van der Waals surface area contributed by atoms with Crippen molar-refractivity contribution in [3.05, 3.63) is 41.1 Å². The molecule has 0 unspecified atom stereocenters. The zero-order valence-corrected chi connectivity index (χ0v) is 15.1. The molecule has 0 spiro atoms. The fraction of sp³-hybridized carbons (Fsp3) is 0.375. The summed E-state index contributed by atoms with van der Waals surface area (Å²) in [6, 6.07) is 3.65. The third-order valence-electron chi connectivity index (χ3n) is 3.90. The quantitative estimate of drug-likeness (QED) is 0.868. The number of morpholine rings is 1. The molecule has 7 nitrogen and oxygen atoms in total. The van der Waals surface area contributed by atoms with Crippen LogP contribution in [0.1, 0.15) is 11.3 Å². The number of benzene rings is 1. The highest BCUT2D eigenvalue weighted by Gasteiger charge is 2.24. The molecule has 1 aromatic carbocycles. The first-order chi connectivity index (χ1) is 12.3. The molecule has 3 rings (SSSR count). The standard InChI is InChI=1S/C16H18F2N4O3S/c1-10-3-4-12(15(18)14(10)17)26(23,24)21-13-9-11(2)19-16(20-13)22-5-7-25-8-6-22/h3-4,9H,5-8H2,1-2H3,(H,19,20,21). The molecular weight excluding hydrogens is 366 g/mol. The van der Waals surface area contributed by atoms with Crippen molar-refractivity contribution in [3.8, 4) is 0 Å². The number of hydrogen-bond donors (Lipinski definition) is 1. The molecule has 0 saturated carbocycles. The maximum absolute atomic E-state index is 14.1. The number of ether oxygens (including phenoxy) is 1. The topological polar surface area (TPSA) is 84.4 Å².